The van der Waals surface area contributed by atoms with Gasteiger partial charge in [-0.05, 0) is 49.7 Å². The van der Waals surface area contributed by atoms with Gasteiger partial charge in [-0.15, -0.1) is 0 Å². The fourth-order valence-electron chi connectivity index (χ4n) is 3.82. The van der Waals surface area contributed by atoms with Gasteiger partial charge >= 0.3 is 0 Å². The molecular formula is C18H27NO. The summed E-state index contributed by atoms with van der Waals surface area (Å²) in [5, 5.41) is 0. The Morgan fingerprint density at radius 3 is 2.55 bits per heavy atom. The number of fused-ring (bicyclic) bond motifs is 1. The molecule has 0 aromatic rings. The Hall–Kier alpha value is -1.31. The predicted octanol–water partition coefficient (Wildman–Crippen LogP) is 4.45. The summed E-state index contributed by atoms with van der Waals surface area (Å²) in [5.41, 5.74) is 3.81. The van der Waals surface area contributed by atoms with Crippen LogP contribution >= 0.6 is 0 Å². The molecule has 1 amide bonds. The molecule has 2 aliphatic heterocycles. The lowest BCUT2D eigenvalue weighted by molar-refractivity contribution is -0.135. The zero-order valence-electron chi connectivity index (χ0n) is 13.5. The highest BCUT2D eigenvalue weighted by molar-refractivity contribution is 5.83. The van der Waals surface area contributed by atoms with Crippen molar-refractivity contribution in [1.82, 2.24) is 4.90 Å². The lowest BCUT2D eigenvalue weighted by Gasteiger charge is -2.36. The van der Waals surface area contributed by atoms with E-state index in [0.29, 0.717) is 0 Å². The molecule has 2 atom stereocenters. The lowest BCUT2D eigenvalue weighted by atomic mass is 9.76. The molecule has 2 heterocycles. The summed E-state index contributed by atoms with van der Waals surface area (Å²) in [6.07, 6.45) is 6.99. The molecule has 0 bridgehead atoms. The summed E-state index contributed by atoms with van der Waals surface area (Å²) in [6.45, 7) is 14.8. The van der Waals surface area contributed by atoms with Crippen molar-refractivity contribution in [2.24, 2.45) is 11.3 Å². The molecule has 1 saturated heterocycles. The number of hydrogen-bond acceptors (Lipinski definition) is 1. The van der Waals surface area contributed by atoms with Gasteiger partial charge in [0, 0.05) is 12.0 Å². The Kier molecular flexibility index (Phi) is 3.95. The third-order valence-electron chi connectivity index (χ3n) is 4.59. The zero-order valence-corrected chi connectivity index (χ0v) is 13.5. The van der Waals surface area contributed by atoms with Crippen molar-refractivity contribution in [3.8, 4) is 0 Å². The average molecular weight is 273 g/mol. The minimum atomic E-state index is 0.0880. The van der Waals surface area contributed by atoms with Crippen LogP contribution in [0.15, 0.2) is 35.6 Å². The first kappa shape index (κ1) is 15.1. The molecule has 2 aliphatic rings. The summed E-state index contributed by atoms with van der Waals surface area (Å²) in [7, 11) is 0. The van der Waals surface area contributed by atoms with Gasteiger partial charge in [0.25, 0.3) is 0 Å². The van der Waals surface area contributed by atoms with Crippen molar-refractivity contribution in [3.05, 3.63) is 35.6 Å². The minimum Gasteiger partial charge on any atom is -0.309 e. The van der Waals surface area contributed by atoms with Crippen molar-refractivity contribution in [2.45, 2.75) is 59.9 Å². The van der Waals surface area contributed by atoms with E-state index in [1.165, 1.54) is 11.1 Å². The second-order valence-electron chi connectivity index (χ2n) is 7.10. The van der Waals surface area contributed by atoms with Crippen LogP contribution in [0, 0.1) is 11.3 Å². The van der Waals surface area contributed by atoms with E-state index < -0.39 is 0 Å². The molecule has 0 aliphatic carbocycles. The van der Waals surface area contributed by atoms with Gasteiger partial charge in [-0.25, -0.2) is 0 Å². The quantitative estimate of drug-likeness (QED) is 0.691. The van der Waals surface area contributed by atoms with E-state index in [-0.39, 0.29) is 23.3 Å². The van der Waals surface area contributed by atoms with Crippen LogP contribution in [0.4, 0.5) is 0 Å². The average Bonchev–Trinajstić information content (AvgIpc) is 2.70. The molecule has 2 rings (SSSR count). The highest BCUT2D eigenvalue weighted by Gasteiger charge is 2.40. The fraction of sp³-hybridized carbons (Fsp3) is 0.611. The molecule has 20 heavy (non-hydrogen) atoms. The van der Waals surface area contributed by atoms with Gasteiger partial charge in [0.05, 0.1) is 5.70 Å². The van der Waals surface area contributed by atoms with Gasteiger partial charge in [-0.3, -0.25) is 4.79 Å². The SMILES string of the molecule is C=C/C1=C2\C(=C/C)CC(C)N2C(=O)C(C)CC(C)(C)C1. The third kappa shape index (κ3) is 2.48. The minimum absolute atomic E-state index is 0.0880. The Morgan fingerprint density at radius 1 is 1.35 bits per heavy atom. The monoisotopic (exact) mass is 273 g/mol. The molecule has 1 fully saturated rings. The number of allylic oxidation sites excluding steroid dienone is 4. The molecule has 0 radical (unpaired) electrons. The topological polar surface area (TPSA) is 20.3 Å². The van der Waals surface area contributed by atoms with E-state index in [4.69, 9.17) is 0 Å². The normalized spacial score (nSPS) is 35.8. The van der Waals surface area contributed by atoms with Gasteiger partial charge in [0.1, 0.15) is 0 Å². The van der Waals surface area contributed by atoms with E-state index in [1.807, 2.05) is 11.0 Å². The Morgan fingerprint density at radius 2 is 2.00 bits per heavy atom. The van der Waals surface area contributed by atoms with Crippen LogP contribution < -0.4 is 0 Å². The van der Waals surface area contributed by atoms with Crippen LogP contribution in [-0.2, 0) is 4.79 Å². The summed E-state index contributed by atoms with van der Waals surface area (Å²) in [5.74, 6) is 0.362. The van der Waals surface area contributed by atoms with Gasteiger partial charge in [-0.1, -0.05) is 39.5 Å². The second-order valence-corrected chi connectivity index (χ2v) is 7.10. The van der Waals surface area contributed by atoms with Crippen molar-refractivity contribution in [2.75, 3.05) is 0 Å². The van der Waals surface area contributed by atoms with Crippen LogP contribution in [0.3, 0.4) is 0 Å². The smallest absolute Gasteiger partial charge is 0.230 e. The first-order valence-electron chi connectivity index (χ1n) is 7.65. The second kappa shape index (κ2) is 5.23. The van der Waals surface area contributed by atoms with Gasteiger partial charge in [-0.2, -0.15) is 0 Å². The van der Waals surface area contributed by atoms with E-state index in [0.717, 1.165) is 25.0 Å². The molecule has 0 aromatic carbocycles. The highest BCUT2D eigenvalue weighted by Crippen LogP contribution is 2.44. The molecule has 0 saturated carbocycles. The van der Waals surface area contributed by atoms with Crippen LogP contribution in [0.5, 0.6) is 0 Å². The number of carbonyl (C=O) groups excluding carboxylic acids is 1. The Labute approximate surface area is 123 Å². The first-order valence-corrected chi connectivity index (χ1v) is 7.65. The van der Waals surface area contributed by atoms with Crippen LogP contribution in [0.1, 0.15) is 53.9 Å². The summed E-state index contributed by atoms with van der Waals surface area (Å²) >= 11 is 0. The maximum atomic E-state index is 12.8. The molecule has 0 N–H and O–H groups in total. The van der Waals surface area contributed by atoms with E-state index >= 15 is 0 Å². The molecule has 0 aromatic heterocycles. The van der Waals surface area contributed by atoms with Crippen LogP contribution in [0.2, 0.25) is 0 Å². The first-order chi connectivity index (χ1) is 9.30. The zero-order chi connectivity index (χ0) is 15.1. The predicted molar refractivity (Wildman–Crippen MR) is 84.1 cm³/mol. The highest BCUT2D eigenvalue weighted by atomic mass is 16.2. The van der Waals surface area contributed by atoms with Crippen molar-refractivity contribution in [1.29, 1.82) is 0 Å². The van der Waals surface area contributed by atoms with Crippen molar-refractivity contribution < 1.29 is 4.79 Å². The molecule has 0 spiro atoms. The largest absolute Gasteiger partial charge is 0.309 e. The lowest BCUT2D eigenvalue weighted by Crippen LogP contribution is -2.40. The molecule has 2 nitrogen and oxygen atoms in total. The van der Waals surface area contributed by atoms with Gasteiger partial charge in [0.2, 0.25) is 5.91 Å². The Bertz CT molecular complexity index is 496. The van der Waals surface area contributed by atoms with E-state index in [9.17, 15) is 4.79 Å². The van der Waals surface area contributed by atoms with Crippen molar-refractivity contribution in [3.63, 3.8) is 0 Å². The molecule has 2 unspecified atom stereocenters. The number of carbonyl (C=O) groups is 1. The molecular weight excluding hydrogens is 246 g/mol. The molecule has 110 valence electrons. The van der Waals surface area contributed by atoms with E-state index in [1.54, 1.807) is 0 Å². The van der Waals surface area contributed by atoms with Crippen LogP contribution in [-0.4, -0.2) is 16.8 Å². The van der Waals surface area contributed by atoms with Crippen LogP contribution in [0.25, 0.3) is 0 Å². The van der Waals surface area contributed by atoms with E-state index in [2.05, 4.69) is 47.3 Å². The summed E-state index contributed by atoms with van der Waals surface area (Å²) < 4.78 is 0. The maximum absolute atomic E-state index is 12.8. The maximum Gasteiger partial charge on any atom is 0.230 e. The number of hydrogen-bond donors (Lipinski definition) is 0. The Balaban J connectivity index is 2.63. The molecule has 2 heteroatoms. The van der Waals surface area contributed by atoms with Gasteiger partial charge < -0.3 is 4.90 Å². The number of rotatable bonds is 1. The summed E-state index contributed by atoms with van der Waals surface area (Å²) in [4.78, 5) is 14.9. The third-order valence-corrected chi connectivity index (χ3v) is 4.59. The van der Waals surface area contributed by atoms with Gasteiger partial charge in [0.15, 0.2) is 0 Å². The fourth-order valence-corrected chi connectivity index (χ4v) is 3.82. The summed E-state index contributed by atoms with van der Waals surface area (Å²) in [6, 6.07) is 0.266. The number of amides is 1. The van der Waals surface area contributed by atoms with Crippen molar-refractivity contribution >= 4 is 5.91 Å². The standard InChI is InChI=1S/C18H27NO/c1-7-14-9-13(4)19-16(14)15(8-2)11-18(5,6)10-12(3)17(19)20/h7-8,12-13H,2,9-11H2,1,3-6H3/b14-7-,16-15-. The number of nitrogens with zero attached hydrogens (tertiary/aromatic N) is 1.